The van der Waals surface area contributed by atoms with Crippen LogP contribution in [-0.2, 0) is 16.2 Å². The highest BCUT2D eigenvalue weighted by atomic mass is 32.2. The summed E-state index contributed by atoms with van der Waals surface area (Å²) < 4.78 is 8.83. The topological polar surface area (TPSA) is 66.4 Å². The molecule has 1 unspecified atom stereocenters. The fourth-order valence-electron chi connectivity index (χ4n) is 2.80. The molecule has 1 fully saturated rings. The summed E-state index contributed by atoms with van der Waals surface area (Å²) in [6.45, 7) is 6.39. The van der Waals surface area contributed by atoms with Crippen molar-refractivity contribution in [1.29, 1.82) is 0 Å². The Morgan fingerprint density at radius 2 is 2.20 bits per heavy atom. The summed E-state index contributed by atoms with van der Waals surface area (Å²) in [5.41, 5.74) is 3.33. The molecule has 1 aromatic heterocycles. The Morgan fingerprint density at radius 1 is 1.40 bits per heavy atom. The minimum Gasteiger partial charge on any atom is -0.468 e. The second kappa shape index (κ2) is 7.67. The van der Waals surface area contributed by atoms with Gasteiger partial charge in [0.25, 0.3) is 0 Å². The molecule has 25 heavy (non-hydrogen) atoms. The van der Waals surface area contributed by atoms with Crippen molar-refractivity contribution in [2.24, 2.45) is 0 Å². The first-order valence-electron chi connectivity index (χ1n) is 8.13. The lowest BCUT2D eigenvalue weighted by atomic mass is 10.1. The maximum atomic E-state index is 11.8. The Hall–Kier alpha value is -1.71. The molecule has 9 heteroatoms. The molecule has 1 N–H and O–H groups in total. The average Bonchev–Trinajstić information content (AvgIpc) is 2.97. The fraction of sp³-hybridized carbons (Fsp3) is 0.500. The number of thioether (sulfide) groups is 1. The first kappa shape index (κ1) is 18.1. The van der Waals surface area contributed by atoms with E-state index in [4.69, 9.17) is 17.0 Å². The number of tetrazole rings is 1. The SMILES string of the molecule is COC(=O)[C@H]1C[NH+](Cn2nnn(-c3ccc(C)c(C)c3)c2=S)CCS1. The minimum absolute atomic E-state index is 0.127. The van der Waals surface area contributed by atoms with Gasteiger partial charge >= 0.3 is 5.97 Å². The van der Waals surface area contributed by atoms with E-state index in [2.05, 4.69) is 36.4 Å². The van der Waals surface area contributed by atoms with Crippen molar-refractivity contribution in [2.45, 2.75) is 25.8 Å². The molecule has 0 spiro atoms. The highest BCUT2D eigenvalue weighted by Gasteiger charge is 2.30. The minimum atomic E-state index is -0.162. The normalized spacial score (nSPS) is 20.4. The zero-order valence-corrected chi connectivity index (χ0v) is 16.2. The highest BCUT2D eigenvalue weighted by Crippen LogP contribution is 2.14. The van der Waals surface area contributed by atoms with Gasteiger partial charge in [0, 0.05) is 5.75 Å². The molecule has 1 aliphatic rings. The van der Waals surface area contributed by atoms with E-state index in [9.17, 15) is 4.79 Å². The number of carbonyl (C=O) groups is 1. The first-order valence-corrected chi connectivity index (χ1v) is 9.58. The van der Waals surface area contributed by atoms with Crippen LogP contribution in [0.5, 0.6) is 0 Å². The third-order valence-corrected chi connectivity index (χ3v) is 6.05. The van der Waals surface area contributed by atoms with E-state index in [1.807, 2.05) is 6.07 Å². The van der Waals surface area contributed by atoms with Crippen LogP contribution < -0.4 is 4.90 Å². The van der Waals surface area contributed by atoms with Gasteiger partial charge in [-0.1, -0.05) is 6.07 Å². The number of hydrogen-bond acceptors (Lipinski definition) is 6. The summed E-state index contributed by atoms with van der Waals surface area (Å²) in [7, 11) is 1.43. The summed E-state index contributed by atoms with van der Waals surface area (Å²) in [6.07, 6.45) is 0. The molecule has 0 amide bonds. The van der Waals surface area contributed by atoms with E-state index in [1.54, 1.807) is 21.1 Å². The van der Waals surface area contributed by atoms with Gasteiger partial charge in [0.2, 0.25) is 4.77 Å². The molecule has 1 aliphatic heterocycles. The molecule has 0 saturated carbocycles. The smallest absolute Gasteiger partial charge is 0.324 e. The molecule has 3 rings (SSSR count). The Bertz CT molecular complexity index is 832. The largest absolute Gasteiger partial charge is 0.468 e. The standard InChI is InChI=1S/C16H21N5O2S2/c1-11-4-5-13(8-12(11)2)21-16(24)20(17-18-21)10-19-6-7-25-14(9-19)15(22)23-3/h4-5,8,14H,6-7,9-10H2,1-3H3/p+1/t14-/m1/s1. The molecular weight excluding hydrogens is 358 g/mol. The van der Waals surface area contributed by atoms with Gasteiger partial charge in [0.15, 0.2) is 11.9 Å². The van der Waals surface area contributed by atoms with Crippen molar-refractivity contribution in [3.63, 3.8) is 0 Å². The van der Waals surface area contributed by atoms with Gasteiger partial charge in [0.1, 0.15) is 6.54 Å². The van der Waals surface area contributed by atoms with Gasteiger partial charge in [-0.3, -0.25) is 4.79 Å². The van der Waals surface area contributed by atoms with E-state index < -0.39 is 0 Å². The molecule has 0 bridgehead atoms. The van der Waals surface area contributed by atoms with Gasteiger partial charge in [0.05, 0.1) is 19.3 Å². The quantitative estimate of drug-likeness (QED) is 0.617. The molecule has 2 atom stereocenters. The molecule has 0 radical (unpaired) electrons. The molecule has 1 saturated heterocycles. The van der Waals surface area contributed by atoms with Crippen LogP contribution in [0.2, 0.25) is 0 Å². The maximum absolute atomic E-state index is 11.8. The van der Waals surface area contributed by atoms with Crippen LogP contribution in [0.15, 0.2) is 18.2 Å². The van der Waals surface area contributed by atoms with Crippen LogP contribution in [0.3, 0.4) is 0 Å². The number of methoxy groups -OCH3 is 1. The molecule has 7 nitrogen and oxygen atoms in total. The monoisotopic (exact) mass is 380 g/mol. The number of rotatable bonds is 4. The van der Waals surface area contributed by atoms with Gasteiger partial charge in [-0.15, -0.1) is 11.8 Å². The number of hydrogen-bond donors (Lipinski definition) is 1. The van der Waals surface area contributed by atoms with E-state index in [1.165, 1.54) is 23.1 Å². The lowest BCUT2D eigenvalue weighted by Crippen LogP contribution is -3.14. The molecular formula is C16H22N5O2S2+. The van der Waals surface area contributed by atoms with E-state index >= 15 is 0 Å². The van der Waals surface area contributed by atoms with Crippen LogP contribution >= 0.6 is 24.0 Å². The van der Waals surface area contributed by atoms with Gasteiger partial charge in [-0.2, -0.15) is 9.36 Å². The Balaban J connectivity index is 1.76. The number of esters is 1. The number of quaternary nitrogens is 1. The Kier molecular flexibility index (Phi) is 5.55. The van der Waals surface area contributed by atoms with Crippen molar-refractivity contribution < 1.29 is 14.4 Å². The number of ether oxygens (including phenoxy) is 1. The summed E-state index contributed by atoms with van der Waals surface area (Å²) in [4.78, 5) is 13.0. The highest BCUT2D eigenvalue weighted by molar-refractivity contribution is 8.00. The zero-order chi connectivity index (χ0) is 18.0. The van der Waals surface area contributed by atoms with Crippen LogP contribution in [0.4, 0.5) is 0 Å². The number of carbonyl (C=O) groups excluding carboxylic acids is 1. The van der Waals surface area contributed by atoms with E-state index in [-0.39, 0.29) is 11.2 Å². The fourth-order valence-corrected chi connectivity index (χ4v) is 4.32. The summed E-state index contributed by atoms with van der Waals surface area (Å²) in [6, 6.07) is 6.11. The van der Waals surface area contributed by atoms with Crippen molar-refractivity contribution in [1.82, 2.24) is 19.8 Å². The summed E-state index contributed by atoms with van der Waals surface area (Å²) in [5.74, 6) is 0.748. The molecule has 0 aliphatic carbocycles. The molecule has 1 aromatic carbocycles. The predicted molar refractivity (Wildman–Crippen MR) is 98.6 cm³/mol. The van der Waals surface area contributed by atoms with Crippen LogP contribution in [0, 0.1) is 18.6 Å². The van der Waals surface area contributed by atoms with Gasteiger partial charge < -0.3 is 9.64 Å². The number of nitrogens with one attached hydrogen (secondary N) is 1. The Labute approximate surface area is 155 Å². The zero-order valence-electron chi connectivity index (χ0n) is 14.6. The van der Waals surface area contributed by atoms with Crippen LogP contribution in [0.25, 0.3) is 5.69 Å². The van der Waals surface area contributed by atoms with Crippen molar-refractivity contribution in [3.05, 3.63) is 34.1 Å². The van der Waals surface area contributed by atoms with Gasteiger partial charge in [-0.25, -0.2) is 0 Å². The van der Waals surface area contributed by atoms with Crippen molar-refractivity contribution in [3.8, 4) is 5.69 Å². The third kappa shape index (κ3) is 3.94. The van der Waals surface area contributed by atoms with Gasteiger partial charge in [-0.05, 0) is 59.8 Å². The summed E-state index contributed by atoms with van der Waals surface area (Å²) >= 11 is 7.19. The maximum Gasteiger partial charge on any atom is 0.324 e. The van der Waals surface area contributed by atoms with Crippen molar-refractivity contribution in [2.75, 3.05) is 26.0 Å². The number of nitrogens with zero attached hydrogens (tertiary/aromatic N) is 4. The second-order valence-electron chi connectivity index (χ2n) is 6.19. The Morgan fingerprint density at radius 3 is 2.92 bits per heavy atom. The lowest BCUT2D eigenvalue weighted by Gasteiger charge is -2.27. The summed E-state index contributed by atoms with van der Waals surface area (Å²) in [5, 5.41) is 8.29. The third-order valence-electron chi connectivity index (χ3n) is 4.46. The van der Waals surface area contributed by atoms with E-state index in [0.29, 0.717) is 18.0 Å². The van der Waals surface area contributed by atoms with E-state index in [0.717, 1.165) is 18.0 Å². The van der Waals surface area contributed by atoms with Crippen LogP contribution in [-0.4, -0.2) is 57.0 Å². The molecule has 134 valence electrons. The lowest BCUT2D eigenvalue weighted by molar-refractivity contribution is -0.921. The average molecular weight is 381 g/mol. The molecule has 2 aromatic rings. The predicted octanol–water partition coefficient (Wildman–Crippen LogP) is 0.546. The molecule has 2 heterocycles. The number of aryl methyl sites for hydroxylation is 2. The number of benzene rings is 1. The first-order chi connectivity index (χ1) is 12.0. The van der Waals surface area contributed by atoms with Crippen molar-refractivity contribution >= 4 is 29.9 Å². The second-order valence-corrected chi connectivity index (χ2v) is 7.86. The van der Waals surface area contributed by atoms with Crippen LogP contribution in [0.1, 0.15) is 11.1 Å². The number of aromatic nitrogens is 4.